The fourth-order valence-corrected chi connectivity index (χ4v) is 1.96. The van der Waals surface area contributed by atoms with Crippen molar-refractivity contribution in [1.29, 1.82) is 0 Å². The molecule has 1 aliphatic rings. The van der Waals surface area contributed by atoms with Gasteiger partial charge in [0, 0.05) is 7.11 Å². The molecule has 0 heterocycles. The SMILES string of the molecule is COC1(C(=O)NCC(=O)O)CCCCC1. The predicted octanol–water partition coefficient (Wildman–Crippen LogP) is 0.536. The molecule has 1 amide bonds. The molecule has 0 radical (unpaired) electrons. The van der Waals surface area contributed by atoms with E-state index in [1.807, 2.05) is 0 Å². The molecule has 0 saturated heterocycles. The number of carboxylic acid groups (broad SMARTS) is 1. The van der Waals surface area contributed by atoms with E-state index in [-0.39, 0.29) is 12.5 Å². The molecular weight excluding hydrogens is 198 g/mol. The third-order valence-corrected chi connectivity index (χ3v) is 2.87. The van der Waals surface area contributed by atoms with Crippen molar-refractivity contribution < 1.29 is 19.4 Å². The van der Waals surface area contributed by atoms with E-state index in [0.29, 0.717) is 12.8 Å². The van der Waals surface area contributed by atoms with Gasteiger partial charge in [-0.2, -0.15) is 0 Å². The van der Waals surface area contributed by atoms with Gasteiger partial charge in [0.25, 0.3) is 5.91 Å². The van der Waals surface area contributed by atoms with Gasteiger partial charge in [-0.15, -0.1) is 0 Å². The Kier molecular flexibility index (Phi) is 4.08. The zero-order valence-electron chi connectivity index (χ0n) is 8.91. The summed E-state index contributed by atoms with van der Waals surface area (Å²) in [5, 5.41) is 10.8. The third kappa shape index (κ3) is 2.92. The topological polar surface area (TPSA) is 75.6 Å². The molecule has 5 nitrogen and oxygen atoms in total. The number of hydrogen-bond donors (Lipinski definition) is 2. The molecule has 1 saturated carbocycles. The maximum atomic E-state index is 11.8. The van der Waals surface area contributed by atoms with Gasteiger partial charge in [0.2, 0.25) is 0 Å². The number of methoxy groups -OCH3 is 1. The van der Waals surface area contributed by atoms with Crippen LogP contribution in [0.4, 0.5) is 0 Å². The highest BCUT2D eigenvalue weighted by atomic mass is 16.5. The first-order chi connectivity index (χ1) is 7.10. The highest BCUT2D eigenvalue weighted by molar-refractivity contribution is 5.88. The summed E-state index contributed by atoms with van der Waals surface area (Å²) in [5.41, 5.74) is -0.798. The van der Waals surface area contributed by atoms with Gasteiger partial charge in [-0.25, -0.2) is 0 Å². The normalized spacial score (nSPS) is 19.5. The summed E-state index contributed by atoms with van der Waals surface area (Å²) < 4.78 is 5.27. The van der Waals surface area contributed by atoms with Crippen LogP contribution in [0.3, 0.4) is 0 Å². The van der Waals surface area contributed by atoms with Gasteiger partial charge in [-0.1, -0.05) is 19.3 Å². The highest BCUT2D eigenvalue weighted by Crippen LogP contribution is 2.31. The maximum Gasteiger partial charge on any atom is 0.322 e. The number of hydrogen-bond acceptors (Lipinski definition) is 3. The van der Waals surface area contributed by atoms with E-state index in [2.05, 4.69) is 5.32 Å². The van der Waals surface area contributed by atoms with Gasteiger partial charge >= 0.3 is 5.97 Å². The van der Waals surface area contributed by atoms with Crippen LogP contribution >= 0.6 is 0 Å². The number of amides is 1. The Hall–Kier alpha value is -1.10. The molecule has 0 aliphatic heterocycles. The van der Waals surface area contributed by atoms with Crippen LogP contribution in [0.5, 0.6) is 0 Å². The molecule has 15 heavy (non-hydrogen) atoms. The Morgan fingerprint density at radius 2 is 1.93 bits per heavy atom. The summed E-state index contributed by atoms with van der Waals surface area (Å²) in [5.74, 6) is -1.34. The van der Waals surface area contributed by atoms with Crippen molar-refractivity contribution in [1.82, 2.24) is 5.32 Å². The quantitative estimate of drug-likeness (QED) is 0.717. The Morgan fingerprint density at radius 3 is 2.40 bits per heavy atom. The second-order valence-electron chi connectivity index (χ2n) is 3.84. The minimum Gasteiger partial charge on any atom is -0.480 e. The molecule has 1 fully saturated rings. The van der Waals surface area contributed by atoms with Crippen LogP contribution < -0.4 is 5.32 Å². The molecule has 86 valence electrons. The average molecular weight is 215 g/mol. The van der Waals surface area contributed by atoms with Crippen molar-refractivity contribution in [2.75, 3.05) is 13.7 Å². The van der Waals surface area contributed by atoms with Gasteiger partial charge in [0.1, 0.15) is 12.1 Å². The monoisotopic (exact) mass is 215 g/mol. The highest BCUT2D eigenvalue weighted by Gasteiger charge is 2.39. The fourth-order valence-electron chi connectivity index (χ4n) is 1.96. The molecule has 5 heteroatoms. The molecule has 0 aromatic rings. The van der Waals surface area contributed by atoms with Crippen LogP contribution in [0.2, 0.25) is 0 Å². The Balaban J connectivity index is 2.55. The second kappa shape index (κ2) is 5.11. The first-order valence-electron chi connectivity index (χ1n) is 5.16. The molecule has 0 unspecified atom stereocenters. The van der Waals surface area contributed by atoms with E-state index < -0.39 is 11.6 Å². The Labute approximate surface area is 88.8 Å². The number of carbonyl (C=O) groups is 2. The molecule has 0 bridgehead atoms. The van der Waals surface area contributed by atoms with E-state index in [1.165, 1.54) is 7.11 Å². The molecular formula is C10H17NO4. The smallest absolute Gasteiger partial charge is 0.322 e. The van der Waals surface area contributed by atoms with E-state index in [9.17, 15) is 9.59 Å². The maximum absolute atomic E-state index is 11.8. The van der Waals surface area contributed by atoms with Crippen molar-refractivity contribution in [2.24, 2.45) is 0 Å². The van der Waals surface area contributed by atoms with E-state index in [4.69, 9.17) is 9.84 Å². The predicted molar refractivity (Wildman–Crippen MR) is 53.5 cm³/mol. The minimum atomic E-state index is -1.04. The molecule has 2 N–H and O–H groups in total. The molecule has 0 aromatic heterocycles. The summed E-state index contributed by atoms with van der Waals surface area (Å²) in [6.07, 6.45) is 4.36. The van der Waals surface area contributed by atoms with Crippen LogP contribution in [0, 0.1) is 0 Å². The van der Waals surface area contributed by atoms with Crippen molar-refractivity contribution in [3.05, 3.63) is 0 Å². The molecule has 0 aromatic carbocycles. The zero-order valence-corrected chi connectivity index (χ0v) is 8.91. The molecule has 0 spiro atoms. The fraction of sp³-hybridized carbons (Fsp3) is 0.800. The van der Waals surface area contributed by atoms with Gasteiger partial charge in [-0.05, 0) is 12.8 Å². The van der Waals surface area contributed by atoms with E-state index in [0.717, 1.165) is 19.3 Å². The number of carboxylic acids is 1. The number of rotatable bonds is 4. The standard InChI is InChI=1S/C10H17NO4/c1-15-10(5-3-2-4-6-10)9(14)11-7-8(12)13/h2-7H2,1H3,(H,11,14)(H,12,13). The lowest BCUT2D eigenvalue weighted by Crippen LogP contribution is -2.50. The van der Waals surface area contributed by atoms with Crippen LogP contribution in [-0.2, 0) is 14.3 Å². The number of aliphatic carboxylic acids is 1. The summed E-state index contributed by atoms with van der Waals surface area (Å²) in [4.78, 5) is 22.1. The van der Waals surface area contributed by atoms with Crippen molar-refractivity contribution in [2.45, 2.75) is 37.7 Å². The van der Waals surface area contributed by atoms with Crippen molar-refractivity contribution >= 4 is 11.9 Å². The van der Waals surface area contributed by atoms with Crippen LogP contribution in [0.25, 0.3) is 0 Å². The summed E-state index contributed by atoms with van der Waals surface area (Å²) in [7, 11) is 1.51. The number of ether oxygens (including phenoxy) is 1. The summed E-state index contributed by atoms with van der Waals surface area (Å²) in [6, 6.07) is 0. The minimum absolute atomic E-state index is 0.299. The average Bonchev–Trinajstić information content (AvgIpc) is 2.26. The van der Waals surface area contributed by atoms with Crippen molar-refractivity contribution in [3.63, 3.8) is 0 Å². The zero-order chi connectivity index (χ0) is 11.3. The van der Waals surface area contributed by atoms with Crippen molar-refractivity contribution in [3.8, 4) is 0 Å². The van der Waals surface area contributed by atoms with Gasteiger partial charge in [0.05, 0.1) is 0 Å². The van der Waals surface area contributed by atoms with Gasteiger partial charge in [-0.3, -0.25) is 9.59 Å². The Morgan fingerprint density at radius 1 is 1.33 bits per heavy atom. The lowest BCUT2D eigenvalue weighted by Gasteiger charge is -2.34. The summed E-state index contributed by atoms with van der Waals surface area (Å²) >= 11 is 0. The van der Waals surface area contributed by atoms with Crippen LogP contribution in [-0.4, -0.2) is 36.2 Å². The van der Waals surface area contributed by atoms with Gasteiger partial charge in [0.15, 0.2) is 0 Å². The summed E-state index contributed by atoms with van der Waals surface area (Å²) in [6.45, 7) is -0.343. The van der Waals surface area contributed by atoms with E-state index >= 15 is 0 Å². The first kappa shape index (κ1) is 12.0. The molecule has 0 atom stereocenters. The van der Waals surface area contributed by atoms with Crippen LogP contribution in [0.1, 0.15) is 32.1 Å². The lowest BCUT2D eigenvalue weighted by molar-refractivity contribution is -0.150. The van der Waals surface area contributed by atoms with Gasteiger partial charge < -0.3 is 15.2 Å². The number of carbonyl (C=O) groups excluding carboxylic acids is 1. The molecule has 1 rings (SSSR count). The third-order valence-electron chi connectivity index (χ3n) is 2.87. The Bertz CT molecular complexity index is 246. The lowest BCUT2D eigenvalue weighted by atomic mass is 9.84. The van der Waals surface area contributed by atoms with Crippen LogP contribution in [0.15, 0.2) is 0 Å². The molecule has 1 aliphatic carbocycles. The second-order valence-corrected chi connectivity index (χ2v) is 3.84. The number of nitrogens with one attached hydrogen (secondary N) is 1. The largest absolute Gasteiger partial charge is 0.480 e. The first-order valence-corrected chi connectivity index (χ1v) is 5.16. The van der Waals surface area contributed by atoms with E-state index in [1.54, 1.807) is 0 Å².